The van der Waals surface area contributed by atoms with Crippen molar-refractivity contribution in [3.8, 4) is 11.1 Å². The molecule has 0 aliphatic carbocycles. The van der Waals surface area contributed by atoms with Crippen LogP contribution in [0.15, 0.2) is 35.7 Å². The maximum atomic E-state index is 6.20. The van der Waals surface area contributed by atoms with Crippen LogP contribution in [0.3, 0.4) is 0 Å². The molecule has 3 aromatic rings. The van der Waals surface area contributed by atoms with Crippen LogP contribution in [-0.4, -0.2) is 36.1 Å². The van der Waals surface area contributed by atoms with Crippen molar-refractivity contribution in [1.82, 2.24) is 15.3 Å². The van der Waals surface area contributed by atoms with Gasteiger partial charge in [0.05, 0.1) is 10.2 Å². The van der Waals surface area contributed by atoms with Crippen LogP contribution in [0.25, 0.3) is 21.3 Å². The Balaban J connectivity index is 1.87. The van der Waals surface area contributed by atoms with Gasteiger partial charge in [0, 0.05) is 37.1 Å². The second kappa shape index (κ2) is 5.83. The van der Waals surface area contributed by atoms with E-state index >= 15 is 0 Å². The molecule has 6 heteroatoms. The number of nitrogens with one attached hydrogen (secondary N) is 1. The molecule has 1 aromatic carbocycles. The lowest BCUT2D eigenvalue weighted by atomic mass is 10.1. The third-order valence-corrected chi connectivity index (χ3v) is 5.01. The fraction of sp³-hybridized carbons (Fsp3) is 0.250. The Morgan fingerprint density at radius 1 is 1.09 bits per heavy atom. The first-order valence-electron chi connectivity index (χ1n) is 7.29. The molecule has 4 nitrogen and oxygen atoms in total. The lowest BCUT2D eigenvalue weighted by Crippen LogP contribution is -2.44. The predicted molar refractivity (Wildman–Crippen MR) is 92.9 cm³/mol. The Morgan fingerprint density at radius 2 is 1.86 bits per heavy atom. The Morgan fingerprint density at radius 3 is 2.64 bits per heavy atom. The van der Waals surface area contributed by atoms with Crippen LogP contribution in [0.1, 0.15) is 0 Å². The normalized spacial score (nSPS) is 15.4. The highest BCUT2D eigenvalue weighted by molar-refractivity contribution is 7.18. The number of thiophene rings is 1. The van der Waals surface area contributed by atoms with Crippen LogP contribution >= 0.6 is 22.9 Å². The number of fused-ring (bicyclic) bond motifs is 1. The van der Waals surface area contributed by atoms with E-state index in [-0.39, 0.29) is 0 Å². The maximum Gasteiger partial charge on any atom is 0.224 e. The number of hydrogen-bond acceptors (Lipinski definition) is 5. The molecule has 0 unspecified atom stereocenters. The van der Waals surface area contributed by atoms with E-state index in [1.807, 2.05) is 18.2 Å². The van der Waals surface area contributed by atoms with E-state index < -0.39 is 0 Å². The van der Waals surface area contributed by atoms with E-state index in [0.29, 0.717) is 5.28 Å². The number of rotatable bonds is 2. The van der Waals surface area contributed by atoms with Crippen LogP contribution in [0.2, 0.25) is 5.28 Å². The van der Waals surface area contributed by atoms with E-state index in [1.165, 1.54) is 0 Å². The molecule has 0 radical (unpaired) electrons. The standard InChI is InChI=1S/C16H15ClN4S/c17-16-19-13-12(11-4-2-1-3-5-11)10-22-14(13)15(20-16)21-8-6-18-7-9-21/h1-5,10,18H,6-9H2. The Bertz CT molecular complexity index is 797. The molecule has 1 N–H and O–H groups in total. The predicted octanol–water partition coefficient (Wildman–Crippen LogP) is 3.42. The van der Waals surface area contributed by atoms with Crippen molar-refractivity contribution in [3.63, 3.8) is 0 Å². The quantitative estimate of drug-likeness (QED) is 0.731. The van der Waals surface area contributed by atoms with Crippen LogP contribution in [0, 0.1) is 0 Å². The highest BCUT2D eigenvalue weighted by atomic mass is 35.5. The van der Waals surface area contributed by atoms with Gasteiger partial charge in [0.25, 0.3) is 0 Å². The van der Waals surface area contributed by atoms with Gasteiger partial charge in [-0.15, -0.1) is 11.3 Å². The summed E-state index contributed by atoms with van der Waals surface area (Å²) in [6.45, 7) is 3.84. The van der Waals surface area contributed by atoms with Crippen molar-refractivity contribution in [3.05, 3.63) is 41.0 Å². The molecule has 112 valence electrons. The summed E-state index contributed by atoms with van der Waals surface area (Å²) in [6.07, 6.45) is 0. The third kappa shape index (κ3) is 2.45. The lowest BCUT2D eigenvalue weighted by molar-refractivity contribution is 0.586. The summed E-state index contributed by atoms with van der Waals surface area (Å²) in [5, 5.41) is 5.83. The Labute approximate surface area is 137 Å². The molecule has 3 heterocycles. The molecule has 1 saturated heterocycles. The van der Waals surface area contributed by atoms with Gasteiger partial charge >= 0.3 is 0 Å². The Hall–Kier alpha value is -1.69. The number of hydrogen-bond donors (Lipinski definition) is 1. The van der Waals surface area contributed by atoms with Crippen LogP contribution in [0.4, 0.5) is 5.82 Å². The van der Waals surface area contributed by atoms with Crippen molar-refractivity contribution < 1.29 is 0 Å². The van der Waals surface area contributed by atoms with E-state index in [4.69, 9.17) is 11.6 Å². The number of benzene rings is 1. The molecule has 2 aromatic heterocycles. The zero-order chi connectivity index (χ0) is 14.9. The van der Waals surface area contributed by atoms with Crippen molar-refractivity contribution in [2.75, 3.05) is 31.1 Å². The fourth-order valence-electron chi connectivity index (χ4n) is 2.79. The highest BCUT2D eigenvalue weighted by Crippen LogP contribution is 2.38. The van der Waals surface area contributed by atoms with Crippen LogP contribution < -0.4 is 10.2 Å². The number of piperazine rings is 1. The largest absolute Gasteiger partial charge is 0.353 e. The zero-order valence-corrected chi connectivity index (χ0v) is 13.5. The number of nitrogens with zero attached hydrogens (tertiary/aromatic N) is 3. The monoisotopic (exact) mass is 330 g/mol. The molecule has 1 aliphatic heterocycles. The van der Waals surface area contributed by atoms with Crippen LogP contribution in [0.5, 0.6) is 0 Å². The summed E-state index contributed by atoms with van der Waals surface area (Å²) < 4.78 is 1.12. The van der Waals surface area contributed by atoms with Crippen molar-refractivity contribution in [2.45, 2.75) is 0 Å². The van der Waals surface area contributed by atoms with Gasteiger partial charge in [0.1, 0.15) is 0 Å². The Kier molecular flexibility index (Phi) is 3.70. The van der Waals surface area contributed by atoms with Gasteiger partial charge in [0.2, 0.25) is 5.28 Å². The average molecular weight is 331 g/mol. The minimum atomic E-state index is 0.316. The first kappa shape index (κ1) is 13.9. The molecule has 0 bridgehead atoms. The minimum Gasteiger partial charge on any atom is -0.353 e. The fourth-order valence-corrected chi connectivity index (χ4v) is 3.99. The summed E-state index contributed by atoms with van der Waals surface area (Å²) in [7, 11) is 0. The van der Waals surface area contributed by atoms with E-state index in [9.17, 15) is 0 Å². The molecule has 0 atom stereocenters. The van der Waals surface area contributed by atoms with E-state index in [2.05, 4.69) is 37.7 Å². The molecular formula is C16H15ClN4S. The van der Waals surface area contributed by atoms with E-state index in [0.717, 1.165) is 53.3 Å². The molecule has 0 saturated carbocycles. The number of anilines is 1. The van der Waals surface area contributed by atoms with Crippen LogP contribution in [-0.2, 0) is 0 Å². The molecule has 4 rings (SSSR count). The number of aromatic nitrogens is 2. The molecule has 0 amide bonds. The summed E-state index contributed by atoms with van der Waals surface area (Å²) >= 11 is 7.89. The molecule has 1 aliphatic rings. The van der Waals surface area contributed by atoms with Gasteiger partial charge in [-0.25, -0.2) is 4.98 Å². The molecule has 22 heavy (non-hydrogen) atoms. The van der Waals surface area contributed by atoms with E-state index in [1.54, 1.807) is 11.3 Å². The second-order valence-corrected chi connectivity index (χ2v) is 6.46. The maximum absolute atomic E-state index is 6.20. The SMILES string of the molecule is Clc1nc(N2CCNCC2)c2scc(-c3ccccc3)c2n1. The minimum absolute atomic E-state index is 0.316. The third-order valence-electron chi connectivity index (χ3n) is 3.87. The van der Waals surface area contributed by atoms with Gasteiger partial charge in [-0.2, -0.15) is 4.98 Å². The number of halogens is 1. The first-order chi connectivity index (χ1) is 10.8. The summed E-state index contributed by atoms with van der Waals surface area (Å²) in [6, 6.07) is 10.3. The molecule has 0 spiro atoms. The molecular weight excluding hydrogens is 316 g/mol. The van der Waals surface area contributed by atoms with Crippen molar-refractivity contribution >= 4 is 39.0 Å². The summed E-state index contributed by atoms with van der Waals surface area (Å²) in [5.41, 5.74) is 3.24. The van der Waals surface area contributed by atoms with Gasteiger partial charge in [-0.1, -0.05) is 30.3 Å². The van der Waals surface area contributed by atoms with Gasteiger partial charge < -0.3 is 10.2 Å². The second-order valence-electron chi connectivity index (χ2n) is 5.25. The zero-order valence-electron chi connectivity index (χ0n) is 11.9. The molecule has 1 fully saturated rings. The first-order valence-corrected chi connectivity index (χ1v) is 8.54. The smallest absolute Gasteiger partial charge is 0.224 e. The summed E-state index contributed by atoms with van der Waals surface area (Å²) in [5.74, 6) is 0.962. The van der Waals surface area contributed by atoms with Crippen molar-refractivity contribution in [1.29, 1.82) is 0 Å². The van der Waals surface area contributed by atoms with Gasteiger partial charge in [0.15, 0.2) is 5.82 Å². The average Bonchev–Trinajstić information content (AvgIpc) is 2.99. The summed E-state index contributed by atoms with van der Waals surface area (Å²) in [4.78, 5) is 11.3. The topological polar surface area (TPSA) is 41.1 Å². The lowest BCUT2D eigenvalue weighted by Gasteiger charge is -2.28. The van der Waals surface area contributed by atoms with Gasteiger partial charge in [-0.05, 0) is 17.2 Å². The van der Waals surface area contributed by atoms with Gasteiger partial charge in [-0.3, -0.25) is 0 Å². The highest BCUT2D eigenvalue weighted by Gasteiger charge is 2.19. The van der Waals surface area contributed by atoms with Crippen molar-refractivity contribution in [2.24, 2.45) is 0 Å².